The van der Waals surface area contributed by atoms with E-state index in [9.17, 15) is 4.79 Å². The highest BCUT2D eigenvalue weighted by atomic mass is 16.5. The highest BCUT2D eigenvalue weighted by Crippen LogP contribution is 2.36. The first-order valence-corrected chi connectivity index (χ1v) is 9.25. The van der Waals surface area contributed by atoms with Crippen LogP contribution in [0.4, 0.5) is 0 Å². The summed E-state index contributed by atoms with van der Waals surface area (Å²) in [6.07, 6.45) is 0. The van der Waals surface area contributed by atoms with Gasteiger partial charge in [-0.05, 0) is 76.9 Å². The van der Waals surface area contributed by atoms with Gasteiger partial charge in [-0.2, -0.15) is 0 Å². The number of rotatable bonds is 8. The van der Waals surface area contributed by atoms with Crippen LogP contribution in [0.2, 0.25) is 0 Å². The number of hydrogen-bond donors (Lipinski definition) is 0. The quantitative estimate of drug-likeness (QED) is 0.644. The zero-order chi connectivity index (χ0) is 19.4. The van der Waals surface area contributed by atoms with Crippen molar-refractivity contribution in [2.75, 3.05) is 13.2 Å². The van der Waals surface area contributed by atoms with Crippen LogP contribution >= 0.6 is 0 Å². The molecule has 0 unspecified atom stereocenters. The summed E-state index contributed by atoms with van der Waals surface area (Å²) >= 11 is 0. The lowest BCUT2D eigenvalue weighted by Crippen LogP contribution is -2.42. The van der Waals surface area contributed by atoms with Crippen molar-refractivity contribution in [2.24, 2.45) is 0 Å². The average Bonchev–Trinajstić information content (AvgIpc) is 2.62. The topological polar surface area (TPSA) is 35.5 Å². The van der Waals surface area contributed by atoms with Crippen molar-refractivity contribution in [3.05, 3.63) is 59.7 Å². The van der Waals surface area contributed by atoms with Gasteiger partial charge in [0, 0.05) is 10.8 Å². The van der Waals surface area contributed by atoms with Crippen molar-refractivity contribution in [2.45, 2.75) is 52.4 Å². The molecule has 26 heavy (non-hydrogen) atoms. The zero-order valence-electron chi connectivity index (χ0n) is 16.8. The van der Waals surface area contributed by atoms with E-state index >= 15 is 0 Å². The first-order chi connectivity index (χ1) is 12.2. The largest absolute Gasteiger partial charge is 0.494 e. The van der Waals surface area contributed by atoms with Crippen LogP contribution in [0.5, 0.6) is 11.5 Å². The molecule has 2 aromatic rings. The second kappa shape index (κ2) is 7.94. The molecule has 0 aliphatic heterocycles. The maximum absolute atomic E-state index is 13.4. The summed E-state index contributed by atoms with van der Waals surface area (Å²) in [5.41, 5.74) is 0.773. The van der Waals surface area contributed by atoms with E-state index in [0.29, 0.717) is 13.2 Å². The van der Waals surface area contributed by atoms with Gasteiger partial charge in [0.1, 0.15) is 11.5 Å². The van der Waals surface area contributed by atoms with Gasteiger partial charge in [-0.25, -0.2) is 0 Å². The van der Waals surface area contributed by atoms with E-state index in [1.54, 1.807) is 0 Å². The van der Waals surface area contributed by atoms with Gasteiger partial charge < -0.3 is 9.47 Å². The Bertz CT molecular complexity index is 662. The number of carbonyl (C=O) groups excluding carboxylic acids is 1. The van der Waals surface area contributed by atoms with E-state index in [1.807, 2.05) is 90.1 Å². The maximum Gasteiger partial charge on any atom is 0.152 e. The molecule has 0 spiro atoms. The van der Waals surface area contributed by atoms with Crippen LogP contribution in [0.15, 0.2) is 48.5 Å². The number of carbonyl (C=O) groups is 1. The first-order valence-electron chi connectivity index (χ1n) is 9.25. The zero-order valence-corrected chi connectivity index (χ0v) is 16.8. The van der Waals surface area contributed by atoms with Gasteiger partial charge in [0.2, 0.25) is 0 Å². The average molecular weight is 354 g/mol. The Hall–Kier alpha value is -2.29. The molecule has 3 nitrogen and oxygen atoms in total. The maximum atomic E-state index is 13.4. The summed E-state index contributed by atoms with van der Waals surface area (Å²) in [5.74, 6) is 1.83. The van der Waals surface area contributed by atoms with Crippen LogP contribution in [-0.2, 0) is 15.6 Å². The number of benzene rings is 2. The van der Waals surface area contributed by atoms with Gasteiger partial charge in [0.05, 0.1) is 13.2 Å². The second-order valence-electron chi connectivity index (χ2n) is 7.49. The molecule has 2 aromatic carbocycles. The molecule has 0 saturated heterocycles. The van der Waals surface area contributed by atoms with Crippen molar-refractivity contribution in [1.82, 2.24) is 0 Å². The van der Waals surface area contributed by atoms with Crippen molar-refractivity contribution in [3.63, 3.8) is 0 Å². The van der Waals surface area contributed by atoms with Crippen LogP contribution < -0.4 is 9.47 Å². The third-order valence-corrected chi connectivity index (χ3v) is 4.91. The summed E-state index contributed by atoms with van der Waals surface area (Å²) in [7, 11) is 0. The number of ketones is 1. The molecule has 3 heteroatoms. The van der Waals surface area contributed by atoms with Gasteiger partial charge in [-0.3, -0.25) is 4.79 Å². The Morgan fingerprint density at radius 3 is 1.27 bits per heavy atom. The summed E-state index contributed by atoms with van der Waals surface area (Å²) in [5, 5.41) is 0. The SMILES string of the molecule is CCOc1ccc(C(C)(C)C(=O)C(C)(C)c2ccc(OCC)cc2)cc1. The molecule has 0 amide bonds. The molecule has 0 bridgehead atoms. The van der Waals surface area contributed by atoms with E-state index in [2.05, 4.69) is 0 Å². The normalized spacial score (nSPS) is 11.9. The lowest BCUT2D eigenvalue weighted by molar-refractivity contribution is -0.128. The van der Waals surface area contributed by atoms with Crippen LogP contribution in [0, 0.1) is 0 Å². The number of hydrogen-bond acceptors (Lipinski definition) is 3. The van der Waals surface area contributed by atoms with Gasteiger partial charge >= 0.3 is 0 Å². The van der Waals surface area contributed by atoms with Crippen molar-refractivity contribution in [1.29, 1.82) is 0 Å². The molecule has 0 aliphatic rings. The van der Waals surface area contributed by atoms with Crippen molar-refractivity contribution in [3.8, 4) is 11.5 Å². The Morgan fingerprint density at radius 1 is 0.692 bits per heavy atom. The van der Waals surface area contributed by atoms with Gasteiger partial charge in [-0.15, -0.1) is 0 Å². The third-order valence-electron chi connectivity index (χ3n) is 4.91. The summed E-state index contributed by atoms with van der Waals surface area (Å²) < 4.78 is 11.0. The molecule has 0 saturated carbocycles. The number of Topliss-reactive ketones (excluding diaryl/α,β-unsaturated/α-hetero) is 1. The molecule has 0 aromatic heterocycles. The van der Waals surface area contributed by atoms with E-state index in [-0.39, 0.29) is 5.78 Å². The minimum atomic E-state index is -0.604. The fourth-order valence-electron chi connectivity index (χ4n) is 3.31. The smallest absolute Gasteiger partial charge is 0.152 e. The Labute approximate surface area is 157 Å². The van der Waals surface area contributed by atoms with E-state index in [1.165, 1.54) is 0 Å². The van der Waals surface area contributed by atoms with Crippen molar-refractivity contribution >= 4 is 5.78 Å². The lowest BCUT2D eigenvalue weighted by atomic mass is 9.67. The lowest BCUT2D eigenvalue weighted by Gasteiger charge is -2.34. The number of ether oxygens (including phenoxy) is 2. The second-order valence-corrected chi connectivity index (χ2v) is 7.49. The van der Waals surface area contributed by atoms with E-state index < -0.39 is 10.8 Å². The Morgan fingerprint density at radius 2 is 1.00 bits per heavy atom. The molecule has 0 heterocycles. The molecular formula is C23H30O3. The molecular weight excluding hydrogens is 324 g/mol. The predicted molar refractivity (Wildman–Crippen MR) is 106 cm³/mol. The first kappa shape index (κ1) is 20.0. The van der Waals surface area contributed by atoms with Crippen LogP contribution in [0.25, 0.3) is 0 Å². The molecule has 0 N–H and O–H groups in total. The predicted octanol–water partition coefficient (Wildman–Crippen LogP) is 5.31. The highest BCUT2D eigenvalue weighted by molar-refractivity contribution is 5.97. The van der Waals surface area contributed by atoms with E-state index in [0.717, 1.165) is 22.6 Å². The molecule has 0 radical (unpaired) electrons. The van der Waals surface area contributed by atoms with Gasteiger partial charge in [-0.1, -0.05) is 24.3 Å². The van der Waals surface area contributed by atoms with Crippen LogP contribution in [0.3, 0.4) is 0 Å². The highest BCUT2D eigenvalue weighted by Gasteiger charge is 2.41. The van der Waals surface area contributed by atoms with Crippen LogP contribution in [-0.4, -0.2) is 19.0 Å². The standard InChI is InChI=1S/C23H30O3/c1-7-25-19-13-9-17(10-14-19)22(3,4)21(24)23(5,6)18-11-15-20(16-12-18)26-8-2/h9-16H,7-8H2,1-6H3. The monoisotopic (exact) mass is 354 g/mol. The molecule has 140 valence electrons. The summed E-state index contributed by atoms with van der Waals surface area (Å²) in [4.78, 5) is 13.4. The molecule has 0 fully saturated rings. The summed E-state index contributed by atoms with van der Waals surface area (Å²) in [6, 6.07) is 15.6. The fourth-order valence-corrected chi connectivity index (χ4v) is 3.31. The fraction of sp³-hybridized carbons (Fsp3) is 0.435. The van der Waals surface area contributed by atoms with E-state index in [4.69, 9.17) is 9.47 Å². The minimum absolute atomic E-state index is 0.179. The molecule has 0 aliphatic carbocycles. The van der Waals surface area contributed by atoms with Gasteiger partial charge in [0.25, 0.3) is 0 Å². The minimum Gasteiger partial charge on any atom is -0.494 e. The van der Waals surface area contributed by atoms with Crippen LogP contribution in [0.1, 0.15) is 52.7 Å². The van der Waals surface area contributed by atoms with Gasteiger partial charge in [0.15, 0.2) is 5.78 Å². The van der Waals surface area contributed by atoms with Crippen molar-refractivity contribution < 1.29 is 14.3 Å². The molecule has 2 rings (SSSR count). The Balaban J connectivity index is 2.28. The summed E-state index contributed by atoms with van der Waals surface area (Å²) in [6.45, 7) is 13.1. The Kier molecular flexibility index (Phi) is 6.12. The third kappa shape index (κ3) is 4.09. The molecule has 0 atom stereocenters.